The van der Waals surface area contributed by atoms with Gasteiger partial charge in [-0.3, -0.25) is 4.79 Å². The van der Waals surface area contributed by atoms with Crippen molar-refractivity contribution in [3.8, 4) is 0 Å². The Morgan fingerprint density at radius 2 is 1.87 bits per heavy atom. The number of hydrogen-bond donors (Lipinski definition) is 0. The molecule has 7 heteroatoms. The smallest absolute Gasteiger partial charge is 0.288 e. The van der Waals surface area contributed by atoms with Gasteiger partial charge in [0, 0.05) is 12.7 Å². The molecule has 1 nitrogen and oxygen atoms in total. The van der Waals surface area contributed by atoms with Gasteiger partial charge in [-0.25, -0.2) is 8.78 Å². The largest absolute Gasteiger partial charge is 0.422 e. The van der Waals surface area contributed by atoms with E-state index < -0.39 is 24.9 Å². The fraction of sp³-hybridized carbons (Fsp3) is 0.875. The second-order valence-corrected chi connectivity index (χ2v) is 4.21. The third-order valence-electron chi connectivity index (χ3n) is 1.56. The van der Waals surface area contributed by atoms with E-state index in [1.807, 2.05) is 0 Å². The van der Waals surface area contributed by atoms with Gasteiger partial charge in [0.25, 0.3) is 0 Å². The Balaban J connectivity index is 3.74. The van der Waals surface area contributed by atoms with E-state index >= 15 is 0 Å². The molecule has 0 aromatic carbocycles. The molecular weight excluding hydrogens is 239 g/mol. The van der Waals surface area contributed by atoms with Crippen molar-refractivity contribution in [1.82, 2.24) is 0 Å². The first-order chi connectivity index (χ1) is 6.75. The molecule has 15 heavy (non-hydrogen) atoms. The molecule has 0 bridgehead atoms. The molecular formula is C8H11F5OS. The first kappa shape index (κ1) is 14.7. The van der Waals surface area contributed by atoms with Gasteiger partial charge in [0.1, 0.15) is 6.17 Å². The molecule has 2 atom stereocenters. The summed E-state index contributed by atoms with van der Waals surface area (Å²) in [6, 6.07) is 0. The average Bonchev–Trinajstić information content (AvgIpc) is 2.09. The number of halogens is 5. The van der Waals surface area contributed by atoms with Gasteiger partial charge in [-0.1, -0.05) is 11.8 Å². The van der Waals surface area contributed by atoms with Crippen LogP contribution in [0.3, 0.4) is 0 Å². The second-order valence-electron chi connectivity index (χ2n) is 2.94. The lowest BCUT2D eigenvalue weighted by molar-refractivity contribution is -0.196. The number of alkyl halides is 5. The minimum absolute atomic E-state index is 0.0436. The highest BCUT2D eigenvalue weighted by atomic mass is 32.2. The minimum Gasteiger partial charge on any atom is -0.288 e. The van der Waals surface area contributed by atoms with E-state index in [0.29, 0.717) is 0 Å². The van der Waals surface area contributed by atoms with E-state index in [0.717, 1.165) is 11.8 Å². The predicted molar refractivity (Wildman–Crippen MR) is 48.2 cm³/mol. The van der Waals surface area contributed by atoms with Gasteiger partial charge in [0.2, 0.25) is 6.17 Å². The summed E-state index contributed by atoms with van der Waals surface area (Å²) in [6.45, 7) is 1.30. The van der Waals surface area contributed by atoms with Crippen molar-refractivity contribution in [2.45, 2.75) is 38.3 Å². The third kappa shape index (κ3) is 6.70. The van der Waals surface area contributed by atoms with Crippen LogP contribution in [0.1, 0.15) is 19.8 Å². The monoisotopic (exact) mass is 250 g/mol. The normalized spacial score (nSPS) is 16.1. The predicted octanol–water partition coefficient (Wildman–Crippen LogP) is 3.28. The Labute approximate surface area is 88.4 Å². The molecule has 0 spiro atoms. The van der Waals surface area contributed by atoms with Gasteiger partial charge < -0.3 is 0 Å². The van der Waals surface area contributed by atoms with Crippen molar-refractivity contribution in [2.24, 2.45) is 0 Å². The molecule has 0 N–H and O–H groups in total. The van der Waals surface area contributed by atoms with Crippen LogP contribution in [0.2, 0.25) is 0 Å². The van der Waals surface area contributed by atoms with E-state index in [1.165, 1.54) is 6.92 Å². The molecule has 0 amide bonds. The highest BCUT2D eigenvalue weighted by Gasteiger charge is 2.45. The molecule has 0 heterocycles. The van der Waals surface area contributed by atoms with E-state index in [4.69, 9.17) is 0 Å². The Kier molecular flexibility index (Phi) is 6.16. The summed E-state index contributed by atoms with van der Waals surface area (Å²) in [5, 5.41) is -0.196. The van der Waals surface area contributed by atoms with Crippen molar-refractivity contribution in [1.29, 1.82) is 0 Å². The summed E-state index contributed by atoms with van der Waals surface area (Å²) in [4.78, 5) is 10.4. The van der Waals surface area contributed by atoms with Crippen LogP contribution < -0.4 is 0 Å². The van der Waals surface area contributed by atoms with Crippen LogP contribution in [0.15, 0.2) is 0 Å². The van der Waals surface area contributed by atoms with Crippen LogP contribution >= 0.6 is 11.8 Å². The number of carbonyl (C=O) groups excluding carboxylic acids is 1. The van der Waals surface area contributed by atoms with E-state index in [9.17, 15) is 26.7 Å². The van der Waals surface area contributed by atoms with Crippen molar-refractivity contribution in [3.05, 3.63) is 0 Å². The zero-order valence-electron chi connectivity index (χ0n) is 7.98. The molecule has 0 aliphatic rings. The molecule has 0 aromatic rings. The molecule has 0 aromatic heterocycles. The van der Waals surface area contributed by atoms with Crippen molar-refractivity contribution in [2.75, 3.05) is 5.75 Å². The molecule has 0 saturated carbocycles. The fourth-order valence-electron chi connectivity index (χ4n) is 0.846. The zero-order valence-corrected chi connectivity index (χ0v) is 8.80. The number of hydrogen-bond acceptors (Lipinski definition) is 2. The van der Waals surface area contributed by atoms with Crippen LogP contribution in [-0.2, 0) is 4.79 Å². The van der Waals surface area contributed by atoms with Gasteiger partial charge in [-0.05, 0) is 12.8 Å². The Morgan fingerprint density at radius 1 is 1.33 bits per heavy atom. The van der Waals surface area contributed by atoms with Gasteiger partial charge in [-0.15, -0.1) is 0 Å². The van der Waals surface area contributed by atoms with Crippen LogP contribution in [0.4, 0.5) is 22.0 Å². The van der Waals surface area contributed by atoms with E-state index in [2.05, 4.69) is 0 Å². The summed E-state index contributed by atoms with van der Waals surface area (Å²) >= 11 is 0.883. The molecule has 2 unspecified atom stereocenters. The lowest BCUT2D eigenvalue weighted by Gasteiger charge is -2.15. The second kappa shape index (κ2) is 6.30. The summed E-state index contributed by atoms with van der Waals surface area (Å²) < 4.78 is 59.9. The number of carbonyl (C=O) groups is 1. The standard InChI is InChI=1S/C8H11F5OS/c1-5(14)15-4-2-3-6(9)7(10)8(11,12)13/h6-7H,2-4H2,1H3. The van der Waals surface area contributed by atoms with E-state index in [-0.39, 0.29) is 17.3 Å². The highest BCUT2D eigenvalue weighted by molar-refractivity contribution is 8.13. The van der Waals surface area contributed by atoms with Crippen LogP contribution in [0, 0.1) is 0 Å². The van der Waals surface area contributed by atoms with Crippen molar-refractivity contribution >= 4 is 16.9 Å². The lowest BCUT2D eigenvalue weighted by atomic mass is 10.1. The maximum atomic E-state index is 12.6. The molecule has 0 aliphatic carbocycles. The van der Waals surface area contributed by atoms with Gasteiger partial charge in [0.05, 0.1) is 0 Å². The molecule has 90 valence electrons. The quantitative estimate of drug-likeness (QED) is 0.550. The average molecular weight is 250 g/mol. The van der Waals surface area contributed by atoms with Gasteiger partial charge in [0.15, 0.2) is 5.12 Å². The molecule has 0 aliphatic heterocycles. The summed E-state index contributed by atoms with van der Waals surface area (Å²) in [7, 11) is 0. The Morgan fingerprint density at radius 3 is 2.27 bits per heavy atom. The minimum atomic E-state index is -5.15. The number of thioether (sulfide) groups is 1. The molecule has 0 fully saturated rings. The maximum Gasteiger partial charge on any atom is 0.422 e. The topological polar surface area (TPSA) is 17.1 Å². The third-order valence-corrected chi connectivity index (χ3v) is 2.46. The fourth-order valence-corrected chi connectivity index (χ4v) is 1.44. The van der Waals surface area contributed by atoms with Gasteiger partial charge >= 0.3 is 6.18 Å². The number of rotatable bonds is 5. The summed E-state index contributed by atoms with van der Waals surface area (Å²) in [5.74, 6) is 0.209. The van der Waals surface area contributed by atoms with Crippen molar-refractivity contribution < 1.29 is 26.7 Å². The molecule has 0 rings (SSSR count). The van der Waals surface area contributed by atoms with Crippen LogP contribution in [-0.4, -0.2) is 29.4 Å². The van der Waals surface area contributed by atoms with Crippen molar-refractivity contribution in [3.63, 3.8) is 0 Å². The van der Waals surface area contributed by atoms with Crippen LogP contribution in [0.5, 0.6) is 0 Å². The lowest BCUT2D eigenvalue weighted by Crippen LogP contribution is -2.33. The SMILES string of the molecule is CC(=O)SCCCC(F)C(F)C(F)(F)F. The molecule has 0 radical (unpaired) electrons. The summed E-state index contributed by atoms with van der Waals surface area (Å²) in [6.07, 6.45) is -11.6. The Bertz CT molecular complexity index is 206. The highest BCUT2D eigenvalue weighted by Crippen LogP contribution is 2.29. The Hall–Kier alpha value is -0.330. The first-order valence-electron chi connectivity index (χ1n) is 4.23. The van der Waals surface area contributed by atoms with E-state index in [1.54, 1.807) is 0 Å². The first-order valence-corrected chi connectivity index (χ1v) is 5.22. The maximum absolute atomic E-state index is 12.6. The van der Waals surface area contributed by atoms with Crippen LogP contribution in [0.25, 0.3) is 0 Å². The van der Waals surface area contributed by atoms with Gasteiger partial charge in [-0.2, -0.15) is 13.2 Å². The molecule has 0 saturated heterocycles. The zero-order chi connectivity index (χ0) is 12.1. The summed E-state index contributed by atoms with van der Waals surface area (Å²) in [5.41, 5.74) is 0.